The fraction of sp³-hybridized carbons (Fsp3) is 0.300. The van der Waals surface area contributed by atoms with E-state index in [4.69, 9.17) is 0 Å². The maximum absolute atomic E-state index is 12.7. The summed E-state index contributed by atoms with van der Waals surface area (Å²) in [4.78, 5) is 20.7. The number of alkyl halides is 3. The quantitative estimate of drug-likeness (QED) is 0.477. The smallest absolute Gasteiger partial charge is 0.423 e. The molecule has 8 heteroatoms. The van der Waals surface area contributed by atoms with Crippen molar-refractivity contribution in [2.45, 2.75) is 13.1 Å². The third kappa shape index (κ3) is 2.58. The zero-order valence-electron chi connectivity index (χ0n) is 9.37. The van der Waals surface area contributed by atoms with E-state index >= 15 is 0 Å². The Labute approximate surface area is 99.3 Å². The van der Waals surface area contributed by atoms with Crippen LogP contribution in [0.5, 0.6) is 5.75 Å². The Balaban J connectivity index is 3.71. The van der Waals surface area contributed by atoms with Gasteiger partial charge in [-0.05, 0) is 19.1 Å². The predicted molar refractivity (Wildman–Crippen MR) is 54.7 cm³/mol. The SMILES string of the molecule is COc1cc(C(C)=O)c([N+](=O)[O-])c(C(F)(F)F)c1. The van der Waals surface area contributed by atoms with Crippen LogP contribution in [-0.4, -0.2) is 17.8 Å². The lowest BCUT2D eigenvalue weighted by atomic mass is 10.0. The molecule has 0 spiro atoms. The number of methoxy groups -OCH3 is 1. The second-order valence-electron chi connectivity index (χ2n) is 3.38. The normalized spacial score (nSPS) is 11.2. The molecule has 0 atom stereocenters. The molecule has 0 aliphatic carbocycles. The molecule has 0 fully saturated rings. The largest absolute Gasteiger partial charge is 0.497 e. The average molecular weight is 263 g/mol. The summed E-state index contributed by atoms with van der Waals surface area (Å²) in [5.74, 6) is -1.11. The Bertz CT molecular complexity index is 511. The van der Waals surface area contributed by atoms with Crippen LogP contribution in [0.3, 0.4) is 0 Å². The molecular weight excluding hydrogens is 255 g/mol. The molecule has 0 bridgehead atoms. The summed E-state index contributed by atoms with van der Waals surface area (Å²) < 4.78 is 42.7. The van der Waals surface area contributed by atoms with Crippen molar-refractivity contribution < 1.29 is 27.6 Å². The van der Waals surface area contributed by atoms with Crippen molar-refractivity contribution in [3.05, 3.63) is 33.4 Å². The number of nitro benzene ring substituents is 1. The van der Waals surface area contributed by atoms with Gasteiger partial charge in [0.1, 0.15) is 11.3 Å². The Morgan fingerprint density at radius 3 is 2.28 bits per heavy atom. The van der Waals surface area contributed by atoms with Gasteiger partial charge in [0.05, 0.1) is 17.6 Å². The number of halogens is 3. The molecule has 0 saturated heterocycles. The van der Waals surface area contributed by atoms with E-state index in [1.54, 1.807) is 0 Å². The first kappa shape index (κ1) is 13.9. The van der Waals surface area contributed by atoms with Crippen LogP contribution >= 0.6 is 0 Å². The first-order valence-electron chi connectivity index (χ1n) is 4.63. The molecule has 1 aromatic carbocycles. The minimum absolute atomic E-state index is 0.266. The summed E-state index contributed by atoms with van der Waals surface area (Å²) in [5, 5.41) is 10.7. The molecule has 0 amide bonds. The van der Waals surface area contributed by atoms with Crippen LogP contribution in [0.4, 0.5) is 18.9 Å². The third-order valence-electron chi connectivity index (χ3n) is 2.19. The lowest BCUT2D eigenvalue weighted by molar-refractivity contribution is -0.388. The summed E-state index contributed by atoms with van der Waals surface area (Å²) >= 11 is 0. The number of benzene rings is 1. The first-order chi connectivity index (χ1) is 8.18. The molecule has 0 heterocycles. The fourth-order valence-electron chi connectivity index (χ4n) is 1.41. The summed E-state index contributed by atoms with van der Waals surface area (Å²) in [6.45, 7) is 0.946. The van der Waals surface area contributed by atoms with E-state index in [2.05, 4.69) is 4.74 Å². The third-order valence-corrected chi connectivity index (χ3v) is 2.19. The molecule has 1 rings (SSSR count). The van der Waals surface area contributed by atoms with Gasteiger partial charge in [0.25, 0.3) is 5.69 Å². The Morgan fingerprint density at radius 1 is 1.39 bits per heavy atom. The highest BCUT2D eigenvalue weighted by molar-refractivity contribution is 5.99. The molecule has 98 valence electrons. The van der Waals surface area contributed by atoms with Crippen LogP contribution in [0.1, 0.15) is 22.8 Å². The zero-order valence-corrected chi connectivity index (χ0v) is 9.37. The second kappa shape index (κ2) is 4.63. The maximum atomic E-state index is 12.7. The van der Waals surface area contributed by atoms with Gasteiger partial charge in [-0.25, -0.2) is 0 Å². The van der Waals surface area contributed by atoms with Gasteiger partial charge in [0.15, 0.2) is 5.78 Å². The number of hydrogen-bond donors (Lipinski definition) is 0. The number of nitrogens with zero attached hydrogens (tertiary/aromatic N) is 1. The molecule has 5 nitrogen and oxygen atoms in total. The van der Waals surface area contributed by atoms with Crippen molar-refractivity contribution in [1.29, 1.82) is 0 Å². The maximum Gasteiger partial charge on any atom is 0.423 e. The number of ether oxygens (including phenoxy) is 1. The second-order valence-corrected chi connectivity index (χ2v) is 3.38. The van der Waals surface area contributed by atoms with Gasteiger partial charge in [-0.3, -0.25) is 14.9 Å². The van der Waals surface area contributed by atoms with E-state index in [9.17, 15) is 28.1 Å². The number of ketones is 1. The molecule has 1 aromatic rings. The van der Waals surface area contributed by atoms with Gasteiger partial charge in [-0.1, -0.05) is 0 Å². The molecular formula is C10H8F3NO4. The van der Waals surface area contributed by atoms with Crippen LogP contribution in [0.15, 0.2) is 12.1 Å². The first-order valence-corrected chi connectivity index (χ1v) is 4.63. The van der Waals surface area contributed by atoms with Gasteiger partial charge in [0, 0.05) is 0 Å². The van der Waals surface area contributed by atoms with Crippen molar-refractivity contribution in [3.8, 4) is 5.75 Å². The number of rotatable bonds is 3. The van der Waals surface area contributed by atoms with Crippen molar-refractivity contribution in [2.24, 2.45) is 0 Å². The lowest BCUT2D eigenvalue weighted by Gasteiger charge is -2.11. The summed E-state index contributed by atoms with van der Waals surface area (Å²) in [5.41, 5.74) is -3.39. The van der Waals surface area contributed by atoms with E-state index in [1.807, 2.05) is 0 Å². The van der Waals surface area contributed by atoms with Crippen molar-refractivity contribution in [2.75, 3.05) is 7.11 Å². The Morgan fingerprint density at radius 2 is 1.94 bits per heavy atom. The zero-order chi connectivity index (χ0) is 14.1. The summed E-state index contributed by atoms with van der Waals surface area (Å²) in [6.07, 6.45) is -4.94. The van der Waals surface area contributed by atoms with Crippen LogP contribution in [0, 0.1) is 10.1 Å². The van der Waals surface area contributed by atoms with Crippen LogP contribution in [0.2, 0.25) is 0 Å². The average Bonchev–Trinajstić information content (AvgIpc) is 2.25. The minimum atomic E-state index is -4.94. The highest BCUT2D eigenvalue weighted by Crippen LogP contribution is 2.40. The van der Waals surface area contributed by atoms with Gasteiger partial charge >= 0.3 is 6.18 Å². The van der Waals surface area contributed by atoms with Crippen molar-refractivity contribution in [1.82, 2.24) is 0 Å². The van der Waals surface area contributed by atoms with E-state index in [1.165, 1.54) is 0 Å². The fourth-order valence-corrected chi connectivity index (χ4v) is 1.41. The number of hydrogen-bond acceptors (Lipinski definition) is 4. The lowest BCUT2D eigenvalue weighted by Crippen LogP contribution is -2.13. The number of carbonyl (C=O) groups is 1. The van der Waals surface area contributed by atoms with Gasteiger partial charge in [-0.2, -0.15) is 13.2 Å². The highest BCUT2D eigenvalue weighted by Gasteiger charge is 2.41. The molecule has 0 unspecified atom stereocenters. The van der Waals surface area contributed by atoms with Gasteiger partial charge < -0.3 is 4.74 Å². The molecule has 0 saturated carbocycles. The topological polar surface area (TPSA) is 69.4 Å². The standard InChI is InChI=1S/C10H8F3NO4/c1-5(15)7-3-6(18-2)4-8(10(11,12)13)9(7)14(16)17/h3-4H,1-2H3. The summed E-state index contributed by atoms with van der Waals surface area (Å²) in [7, 11) is 1.10. The molecule has 18 heavy (non-hydrogen) atoms. The van der Waals surface area contributed by atoms with Crippen LogP contribution in [0.25, 0.3) is 0 Å². The molecule has 0 aromatic heterocycles. The number of nitro groups is 1. The highest BCUT2D eigenvalue weighted by atomic mass is 19.4. The molecule has 0 radical (unpaired) electrons. The van der Waals surface area contributed by atoms with Crippen molar-refractivity contribution >= 4 is 11.5 Å². The van der Waals surface area contributed by atoms with Crippen LogP contribution in [-0.2, 0) is 6.18 Å². The van der Waals surface area contributed by atoms with E-state index < -0.39 is 33.7 Å². The predicted octanol–water partition coefficient (Wildman–Crippen LogP) is 2.82. The Kier molecular flexibility index (Phi) is 3.59. The van der Waals surface area contributed by atoms with E-state index in [0.717, 1.165) is 20.1 Å². The van der Waals surface area contributed by atoms with E-state index in [-0.39, 0.29) is 5.75 Å². The van der Waals surface area contributed by atoms with Crippen molar-refractivity contribution in [3.63, 3.8) is 0 Å². The number of Topliss-reactive ketones (excluding diaryl/α,β-unsaturated/α-hetero) is 1. The molecule has 0 aliphatic rings. The van der Waals surface area contributed by atoms with Gasteiger partial charge in [0.2, 0.25) is 0 Å². The summed E-state index contributed by atoms with van der Waals surface area (Å²) in [6, 6.07) is 1.40. The van der Waals surface area contributed by atoms with E-state index in [0.29, 0.717) is 6.07 Å². The molecule has 0 aliphatic heterocycles. The van der Waals surface area contributed by atoms with Gasteiger partial charge in [-0.15, -0.1) is 0 Å². The molecule has 0 N–H and O–H groups in total. The van der Waals surface area contributed by atoms with Crippen LogP contribution < -0.4 is 4.74 Å². The minimum Gasteiger partial charge on any atom is -0.497 e. The number of carbonyl (C=O) groups excluding carboxylic acids is 1. The monoisotopic (exact) mass is 263 g/mol. The Hall–Kier alpha value is -2.12.